The maximum absolute atomic E-state index is 11.7. The van der Waals surface area contributed by atoms with Gasteiger partial charge >= 0.3 is 0 Å². The summed E-state index contributed by atoms with van der Waals surface area (Å²) in [4.78, 5) is 11.7. The van der Waals surface area contributed by atoms with Crippen molar-refractivity contribution in [1.82, 2.24) is 5.32 Å². The fourth-order valence-corrected chi connectivity index (χ4v) is 2.19. The summed E-state index contributed by atoms with van der Waals surface area (Å²) < 4.78 is -0.888. The first-order chi connectivity index (χ1) is 8.04. The lowest BCUT2D eigenvalue weighted by molar-refractivity contribution is -0.122. The molecule has 1 aliphatic rings. The van der Waals surface area contributed by atoms with Crippen molar-refractivity contribution in [3.05, 3.63) is 35.4 Å². The minimum atomic E-state index is -0.888. The fourth-order valence-electron chi connectivity index (χ4n) is 1.69. The summed E-state index contributed by atoms with van der Waals surface area (Å²) in [5.41, 5.74) is 1.71. The van der Waals surface area contributed by atoms with Gasteiger partial charge in [0.25, 0.3) is 0 Å². The number of hydrogen-bond acceptors (Lipinski definition) is 2. The van der Waals surface area contributed by atoms with Crippen LogP contribution in [0.15, 0.2) is 24.3 Å². The number of rotatable bonds is 4. The standard InChI is InChI=1S/C12H13Cl2NO2/c13-12(14)5-10(12)11(17)15-6-8-3-1-2-4-9(8)7-16/h1-4,10,16H,5-7H2,(H,15,17). The average Bonchev–Trinajstić information content (AvgIpc) is 2.96. The zero-order valence-corrected chi connectivity index (χ0v) is 10.6. The second-order valence-corrected chi connectivity index (χ2v) is 5.70. The van der Waals surface area contributed by atoms with E-state index in [1.54, 1.807) is 0 Å². The molecule has 0 bridgehead atoms. The lowest BCUT2D eigenvalue weighted by Crippen LogP contribution is -2.26. The van der Waals surface area contributed by atoms with E-state index in [0.29, 0.717) is 13.0 Å². The Labute approximate surface area is 110 Å². The third-order valence-electron chi connectivity index (χ3n) is 2.88. The number of amides is 1. The van der Waals surface area contributed by atoms with Gasteiger partial charge in [-0.3, -0.25) is 4.79 Å². The van der Waals surface area contributed by atoms with Crippen molar-refractivity contribution in [3.63, 3.8) is 0 Å². The van der Waals surface area contributed by atoms with Crippen LogP contribution in [0.2, 0.25) is 0 Å². The molecular weight excluding hydrogens is 261 g/mol. The van der Waals surface area contributed by atoms with Crippen LogP contribution in [0, 0.1) is 5.92 Å². The number of carbonyl (C=O) groups excluding carboxylic acids is 1. The molecule has 1 unspecified atom stereocenters. The van der Waals surface area contributed by atoms with Crippen molar-refractivity contribution in [3.8, 4) is 0 Å². The number of halogens is 2. The Morgan fingerprint density at radius 2 is 2.00 bits per heavy atom. The van der Waals surface area contributed by atoms with Gasteiger partial charge in [-0.05, 0) is 17.5 Å². The van der Waals surface area contributed by atoms with E-state index in [4.69, 9.17) is 28.3 Å². The lowest BCUT2D eigenvalue weighted by Gasteiger charge is -2.08. The Kier molecular flexibility index (Phi) is 3.61. The van der Waals surface area contributed by atoms with Gasteiger partial charge in [-0.15, -0.1) is 23.2 Å². The summed E-state index contributed by atoms with van der Waals surface area (Å²) in [6.45, 7) is 0.348. The van der Waals surface area contributed by atoms with E-state index in [-0.39, 0.29) is 18.4 Å². The molecule has 0 radical (unpaired) electrons. The van der Waals surface area contributed by atoms with Gasteiger partial charge in [0.1, 0.15) is 4.33 Å². The molecule has 1 aromatic rings. The highest BCUT2D eigenvalue weighted by Gasteiger charge is 2.56. The number of hydrogen-bond donors (Lipinski definition) is 2. The van der Waals surface area contributed by atoms with Gasteiger partial charge in [0, 0.05) is 6.54 Å². The first-order valence-corrected chi connectivity index (χ1v) is 6.13. The van der Waals surface area contributed by atoms with E-state index in [2.05, 4.69) is 5.32 Å². The lowest BCUT2D eigenvalue weighted by atomic mass is 10.1. The van der Waals surface area contributed by atoms with Crippen molar-refractivity contribution < 1.29 is 9.90 Å². The molecule has 5 heteroatoms. The molecule has 92 valence electrons. The molecule has 0 heterocycles. The van der Waals surface area contributed by atoms with Crippen LogP contribution in [-0.4, -0.2) is 15.3 Å². The Balaban J connectivity index is 1.92. The molecule has 0 aliphatic heterocycles. The molecule has 1 amide bonds. The molecule has 1 aromatic carbocycles. The molecular formula is C12H13Cl2NO2. The molecule has 1 saturated carbocycles. The van der Waals surface area contributed by atoms with E-state index < -0.39 is 4.33 Å². The van der Waals surface area contributed by atoms with E-state index in [1.165, 1.54) is 0 Å². The van der Waals surface area contributed by atoms with Crippen LogP contribution in [0.25, 0.3) is 0 Å². The van der Waals surface area contributed by atoms with Gasteiger partial charge in [-0.1, -0.05) is 24.3 Å². The van der Waals surface area contributed by atoms with Crippen LogP contribution in [0.4, 0.5) is 0 Å². The summed E-state index contributed by atoms with van der Waals surface area (Å²) >= 11 is 11.6. The van der Waals surface area contributed by atoms with E-state index >= 15 is 0 Å². The van der Waals surface area contributed by atoms with Crippen LogP contribution < -0.4 is 5.32 Å². The molecule has 17 heavy (non-hydrogen) atoms. The normalized spacial score (nSPS) is 21.0. The van der Waals surface area contributed by atoms with Gasteiger partial charge in [0.2, 0.25) is 5.91 Å². The van der Waals surface area contributed by atoms with Gasteiger partial charge in [-0.25, -0.2) is 0 Å². The predicted molar refractivity (Wildman–Crippen MR) is 66.8 cm³/mol. The smallest absolute Gasteiger partial charge is 0.226 e. The van der Waals surface area contributed by atoms with Crippen molar-refractivity contribution in [2.75, 3.05) is 0 Å². The highest BCUT2D eigenvalue weighted by atomic mass is 35.5. The molecule has 1 atom stereocenters. The number of alkyl halides is 2. The third-order valence-corrected chi connectivity index (χ3v) is 3.72. The summed E-state index contributed by atoms with van der Waals surface area (Å²) in [6, 6.07) is 7.41. The summed E-state index contributed by atoms with van der Waals surface area (Å²) in [5, 5.41) is 11.9. The Hall–Kier alpha value is -0.770. The maximum atomic E-state index is 11.7. The monoisotopic (exact) mass is 273 g/mol. The Bertz CT molecular complexity index is 434. The summed E-state index contributed by atoms with van der Waals surface area (Å²) in [6.07, 6.45) is 0.504. The predicted octanol–water partition coefficient (Wildman–Crippen LogP) is 1.99. The minimum absolute atomic E-state index is 0.0373. The van der Waals surface area contributed by atoms with Crippen molar-refractivity contribution in [1.29, 1.82) is 0 Å². The van der Waals surface area contributed by atoms with Gasteiger partial charge in [-0.2, -0.15) is 0 Å². The van der Waals surface area contributed by atoms with Gasteiger partial charge in [0.15, 0.2) is 0 Å². The molecule has 0 spiro atoms. The maximum Gasteiger partial charge on any atom is 0.226 e. The topological polar surface area (TPSA) is 49.3 Å². The first-order valence-electron chi connectivity index (χ1n) is 5.38. The van der Waals surface area contributed by atoms with Crippen LogP contribution in [-0.2, 0) is 17.9 Å². The summed E-state index contributed by atoms with van der Waals surface area (Å²) in [5.74, 6) is -0.449. The molecule has 1 aliphatic carbocycles. The number of aliphatic hydroxyl groups excluding tert-OH is 1. The zero-order chi connectivity index (χ0) is 12.5. The zero-order valence-electron chi connectivity index (χ0n) is 9.12. The third kappa shape index (κ3) is 2.92. The summed E-state index contributed by atoms with van der Waals surface area (Å²) in [7, 11) is 0. The average molecular weight is 274 g/mol. The molecule has 2 rings (SSSR count). The molecule has 0 aromatic heterocycles. The van der Waals surface area contributed by atoms with Crippen LogP contribution in [0.1, 0.15) is 17.5 Å². The van der Waals surface area contributed by atoms with Gasteiger partial charge < -0.3 is 10.4 Å². The van der Waals surface area contributed by atoms with Crippen LogP contribution in [0.5, 0.6) is 0 Å². The number of aliphatic hydroxyl groups is 1. The molecule has 1 fully saturated rings. The largest absolute Gasteiger partial charge is 0.392 e. The molecule has 2 N–H and O–H groups in total. The fraction of sp³-hybridized carbons (Fsp3) is 0.417. The van der Waals surface area contributed by atoms with Crippen molar-refractivity contribution >= 4 is 29.1 Å². The van der Waals surface area contributed by atoms with E-state index in [9.17, 15) is 4.79 Å². The molecule has 0 saturated heterocycles. The van der Waals surface area contributed by atoms with Crippen molar-refractivity contribution in [2.45, 2.75) is 23.9 Å². The number of benzene rings is 1. The second-order valence-electron chi connectivity index (χ2n) is 4.16. The van der Waals surface area contributed by atoms with Crippen LogP contribution >= 0.6 is 23.2 Å². The Morgan fingerprint density at radius 1 is 1.41 bits per heavy atom. The highest BCUT2D eigenvalue weighted by Crippen LogP contribution is 2.53. The number of nitrogens with one attached hydrogen (secondary N) is 1. The van der Waals surface area contributed by atoms with Crippen LogP contribution in [0.3, 0.4) is 0 Å². The van der Waals surface area contributed by atoms with Gasteiger partial charge in [0.05, 0.1) is 12.5 Å². The Morgan fingerprint density at radius 3 is 2.53 bits per heavy atom. The highest BCUT2D eigenvalue weighted by molar-refractivity contribution is 6.52. The van der Waals surface area contributed by atoms with E-state index in [0.717, 1.165) is 11.1 Å². The van der Waals surface area contributed by atoms with Crippen molar-refractivity contribution in [2.24, 2.45) is 5.92 Å². The number of carbonyl (C=O) groups is 1. The second kappa shape index (κ2) is 4.84. The quantitative estimate of drug-likeness (QED) is 0.825. The minimum Gasteiger partial charge on any atom is -0.392 e. The van der Waals surface area contributed by atoms with E-state index in [1.807, 2.05) is 24.3 Å². The first kappa shape index (κ1) is 12.7. The SMILES string of the molecule is O=C(NCc1ccccc1CO)C1CC1(Cl)Cl. The molecule has 3 nitrogen and oxygen atoms in total.